The van der Waals surface area contributed by atoms with Crippen LogP contribution in [0.3, 0.4) is 0 Å². The second kappa shape index (κ2) is 6.61. The van der Waals surface area contributed by atoms with Gasteiger partial charge in [-0.1, -0.05) is 28.1 Å². The van der Waals surface area contributed by atoms with Gasteiger partial charge < -0.3 is 5.32 Å². The molecule has 5 heteroatoms. The molecule has 20 heavy (non-hydrogen) atoms. The zero-order valence-electron chi connectivity index (χ0n) is 10.5. The van der Waals surface area contributed by atoms with Gasteiger partial charge in [0.1, 0.15) is 11.6 Å². The average Bonchev–Trinajstić information content (AvgIpc) is 2.43. The van der Waals surface area contributed by atoms with E-state index in [1.807, 2.05) is 0 Å². The zero-order valence-corrected chi connectivity index (χ0v) is 12.1. The molecule has 0 bridgehead atoms. The van der Waals surface area contributed by atoms with Crippen LogP contribution in [-0.4, -0.2) is 12.3 Å². The Labute approximate surface area is 123 Å². The normalized spacial score (nSPS) is 10.3. The van der Waals surface area contributed by atoms with E-state index < -0.39 is 11.6 Å². The summed E-state index contributed by atoms with van der Waals surface area (Å²) in [4.78, 5) is 11.9. The number of halogens is 3. The summed E-state index contributed by atoms with van der Waals surface area (Å²) in [6, 6.07) is 10.2. The Morgan fingerprint density at radius 3 is 2.50 bits per heavy atom. The van der Waals surface area contributed by atoms with Gasteiger partial charge in [-0.2, -0.15) is 0 Å². The molecule has 2 nitrogen and oxygen atoms in total. The molecule has 0 aliphatic rings. The maximum absolute atomic E-state index is 13.3. The van der Waals surface area contributed by atoms with Crippen LogP contribution in [0.4, 0.5) is 14.5 Å². The first-order chi connectivity index (χ1) is 9.56. The number of carbonyl (C=O) groups excluding carboxylic acids is 1. The number of nitrogens with one attached hydrogen (secondary N) is 1. The molecule has 0 radical (unpaired) electrons. The third-order valence-electron chi connectivity index (χ3n) is 2.76. The van der Waals surface area contributed by atoms with Crippen molar-refractivity contribution < 1.29 is 13.6 Å². The van der Waals surface area contributed by atoms with Crippen molar-refractivity contribution in [1.29, 1.82) is 0 Å². The lowest BCUT2D eigenvalue weighted by Gasteiger charge is -2.07. The molecule has 2 aromatic rings. The van der Waals surface area contributed by atoms with Gasteiger partial charge in [0.15, 0.2) is 5.78 Å². The van der Waals surface area contributed by atoms with Crippen LogP contribution >= 0.6 is 15.9 Å². The molecule has 2 rings (SSSR count). The number of ketones is 1. The summed E-state index contributed by atoms with van der Waals surface area (Å²) in [7, 11) is 0. The molecular weight excluding hydrogens is 328 g/mol. The van der Waals surface area contributed by atoms with Crippen molar-refractivity contribution >= 4 is 27.4 Å². The minimum Gasteiger partial charge on any atom is -0.382 e. The van der Waals surface area contributed by atoms with Gasteiger partial charge in [-0.25, -0.2) is 8.78 Å². The summed E-state index contributed by atoms with van der Waals surface area (Å²) in [5.74, 6) is -1.11. The lowest BCUT2D eigenvalue weighted by atomic mass is 10.1. The largest absolute Gasteiger partial charge is 0.382 e. The van der Waals surface area contributed by atoms with Crippen molar-refractivity contribution in [3.63, 3.8) is 0 Å². The molecule has 0 aliphatic heterocycles. The van der Waals surface area contributed by atoms with E-state index >= 15 is 0 Å². The Bertz CT molecular complexity index is 614. The number of rotatable bonds is 5. The lowest BCUT2D eigenvalue weighted by Crippen LogP contribution is -2.10. The molecule has 1 N–H and O–H groups in total. The van der Waals surface area contributed by atoms with Gasteiger partial charge in [-0.05, 0) is 30.3 Å². The monoisotopic (exact) mass is 339 g/mol. The van der Waals surface area contributed by atoms with Crippen LogP contribution in [0.1, 0.15) is 16.8 Å². The maximum Gasteiger partial charge on any atom is 0.164 e. The standard InChI is InChI=1S/C15H12BrF2NO/c16-11-3-1-10(2-4-11)15(20)7-8-19-14-9-12(17)5-6-13(14)18/h1-6,9,19H,7-8H2. The highest BCUT2D eigenvalue weighted by molar-refractivity contribution is 9.10. The van der Waals surface area contributed by atoms with Crippen molar-refractivity contribution in [2.24, 2.45) is 0 Å². The number of Topliss-reactive ketones (excluding diaryl/α,β-unsaturated/α-hetero) is 1. The van der Waals surface area contributed by atoms with Crippen LogP contribution in [0.15, 0.2) is 46.9 Å². The predicted molar refractivity (Wildman–Crippen MR) is 77.9 cm³/mol. The molecule has 104 valence electrons. The van der Waals surface area contributed by atoms with Crippen molar-refractivity contribution in [2.75, 3.05) is 11.9 Å². The fourth-order valence-electron chi connectivity index (χ4n) is 1.72. The zero-order chi connectivity index (χ0) is 14.5. The number of hydrogen-bond acceptors (Lipinski definition) is 2. The van der Waals surface area contributed by atoms with E-state index in [4.69, 9.17) is 0 Å². The fraction of sp³-hybridized carbons (Fsp3) is 0.133. The van der Waals surface area contributed by atoms with Gasteiger partial charge in [-0.15, -0.1) is 0 Å². The van der Waals surface area contributed by atoms with Gasteiger partial charge >= 0.3 is 0 Å². The van der Waals surface area contributed by atoms with E-state index in [-0.39, 0.29) is 24.4 Å². The van der Waals surface area contributed by atoms with E-state index in [0.29, 0.717) is 5.56 Å². The smallest absolute Gasteiger partial charge is 0.164 e. The highest BCUT2D eigenvalue weighted by Crippen LogP contribution is 2.16. The number of benzene rings is 2. The second-order valence-corrected chi connectivity index (χ2v) is 5.15. The van der Waals surface area contributed by atoms with Crippen LogP contribution in [0.5, 0.6) is 0 Å². The minimum absolute atomic E-state index is 0.0539. The summed E-state index contributed by atoms with van der Waals surface area (Å²) < 4.78 is 27.2. The van der Waals surface area contributed by atoms with Crippen molar-refractivity contribution in [2.45, 2.75) is 6.42 Å². The fourth-order valence-corrected chi connectivity index (χ4v) is 1.99. The number of anilines is 1. The molecule has 0 heterocycles. The Balaban J connectivity index is 1.91. The lowest BCUT2D eigenvalue weighted by molar-refractivity contribution is 0.0986. The Morgan fingerprint density at radius 1 is 1.10 bits per heavy atom. The van der Waals surface area contributed by atoms with E-state index in [1.54, 1.807) is 24.3 Å². The molecule has 0 aromatic heterocycles. The predicted octanol–water partition coefficient (Wildman–Crippen LogP) is 4.41. The number of carbonyl (C=O) groups is 1. The molecule has 0 saturated heterocycles. The molecule has 0 spiro atoms. The van der Waals surface area contributed by atoms with Gasteiger partial charge in [0, 0.05) is 23.0 Å². The topological polar surface area (TPSA) is 29.1 Å². The highest BCUT2D eigenvalue weighted by atomic mass is 79.9. The van der Waals surface area contributed by atoms with Crippen molar-refractivity contribution in [3.05, 3.63) is 64.1 Å². The molecule has 0 fully saturated rings. The van der Waals surface area contributed by atoms with E-state index in [9.17, 15) is 13.6 Å². The van der Waals surface area contributed by atoms with Crippen LogP contribution < -0.4 is 5.32 Å². The van der Waals surface area contributed by atoms with Crippen LogP contribution in [0.2, 0.25) is 0 Å². The molecule has 0 amide bonds. The molecule has 0 aliphatic carbocycles. The Morgan fingerprint density at radius 2 is 1.80 bits per heavy atom. The Hall–Kier alpha value is -1.75. The highest BCUT2D eigenvalue weighted by Gasteiger charge is 2.07. The van der Waals surface area contributed by atoms with Gasteiger partial charge in [0.05, 0.1) is 5.69 Å². The van der Waals surface area contributed by atoms with Gasteiger partial charge in [0.25, 0.3) is 0 Å². The molecular formula is C15H12BrF2NO. The SMILES string of the molecule is O=C(CCNc1cc(F)ccc1F)c1ccc(Br)cc1. The molecule has 0 saturated carbocycles. The Kier molecular flexibility index (Phi) is 4.84. The summed E-state index contributed by atoms with van der Waals surface area (Å²) in [5.41, 5.74) is 0.656. The maximum atomic E-state index is 13.3. The van der Waals surface area contributed by atoms with Crippen LogP contribution in [0.25, 0.3) is 0 Å². The second-order valence-electron chi connectivity index (χ2n) is 4.23. The summed E-state index contributed by atoms with van der Waals surface area (Å²) in [5, 5.41) is 2.72. The number of hydrogen-bond donors (Lipinski definition) is 1. The summed E-state index contributed by atoms with van der Waals surface area (Å²) >= 11 is 3.29. The van der Waals surface area contributed by atoms with E-state index in [1.165, 1.54) is 0 Å². The van der Waals surface area contributed by atoms with Gasteiger partial charge in [0.2, 0.25) is 0 Å². The first kappa shape index (κ1) is 14.7. The molecule has 0 atom stereocenters. The molecule has 0 unspecified atom stereocenters. The first-order valence-electron chi connectivity index (χ1n) is 6.04. The van der Waals surface area contributed by atoms with E-state index in [0.717, 1.165) is 22.7 Å². The third-order valence-corrected chi connectivity index (χ3v) is 3.29. The average molecular weight is 340 g/mol. The van der Waals surface area contributed by atoms with Crippen LogP contribution in [0, 0.1) is 11.6 Å². The van der Waals surface area contributed by atoms with Crippen molar-refractivity contribution in [1.82, 2.24) is 0 Å². The van der Waals surface area contributed by atoms with Crippen LogP contribution in [-0.2, 0) is 0 Å². The van der Waals surface area contributed by atoms with Gasteiger partial charge in [-0.3, -0.25) is 4.79 Å². The van der Waals surface area contributed by atoms with E-state index in [2.05, 4.69) is 21.2 Å². The van der Waals surface area contributed by atoms with Crippen molar-refractivity contribution in [3.8, 4) is 0 Å². The summed E-state index contributed by atoms with van der Waals surface area (Å²) in [6.07, 6.45) is 0.206. The molecule has 2 aromatic carbocycles. The first-order valence-corrected chi connectivity index (χ1v) is 6.83. The minimum atomic E-state index is -0.539. The summed E-state index contributed by atoms with van der Waals surface area (Å²) in [6.45, 7) is 0.245. The third kappa shape index (κ3) is 3.87. The quantitative estimate of drug-likeness (QED) is 0.817.